The molecule has 0 aliphatic heterocycles. The van der Waals surface area contributed by atoms with E-state index in [-0.39, 0.29) is 11.7 Å². The van der Waals surface area contributed by atoms with Gasteiger partial charge in [0.25, 0.3) is 0 Å². The van der Waals surface area contributed by atoms with Crippen LogP contribution in [0.4, 0.5) is 0 Å². The van der Waals surface area contributed by atoms with Crippen molar-refractivity contribution in [2.45, 2.75) is 39.0 Å². The molecule has 0 spiro atoms. The first-order valence-electron chi connectivity index (χ1n) is 5.13. The summed E-state index contributed by atoms with van der Waals surface area (Å²) >= 11 is 0. The van der Waals surface area contributed by atoms with E-state index in [2.05, 4.69) is 17.1 Å². The lowest BCUT2D eigenvalue weighted by atomic mass is 10.2. The minimum absolute atomic E-state index is 0.247. The number of carbonyl (C=O) groups is 1. The van der Waals surface area contributed by atoms with Gasteiger partial charge in [0.2, 0.25) is 5.89 Å². The number of rotatable bonds is 5. The zero-order valence-corrected chi connectivity index (χ0v) is 8.32. The number of aromatic nitrogens is 2. The van der Waals surface area contributed by atoms with Crippen LogP contribution in [0.1, 0.15) is 37.9 Å². The van der Waals surface area contributed by atoms with Crippen LogP contribution in [0.15, 0.2) is 4.52 Å². The fraction of sp³-hybridized carbons (Fsp3) is 0.700. The van der Waals surface area contributed by atoms with E-state index >= 15 is 0 Å². The molecule has 0 unspecified atom stereocenters. The van der Waals surface area contributed by atoms with Gasteiger partial charge in [-0.3, -0.25) is 4.79 Å². The van der Waals surface area contributed by atoms with Gasteiger partial charge in [-0.25, -0.2) is 0 Å². The molecule has 1 aliphatic rings. The summed E-state index contributed by atoms with van der Waals surface area (Å²) in [7, 11) is 0. The zero-order valence-electron chi connectivity index (χ0n) is 8.32. The van der Waals surface area contributed by atoms with Crippen LogP contribution in [0.25, 0.3) is 0 Å². The van der Waals surface area contributed by atoms with E-state index in [0.717, 1.165) is 25.7 Å². The summed E-state index contributed by atoms with van der Waals surface area (Å²) in [5, 5.41) is 3.80. The lowest BCUT2D eigenvalue weighted by Crippen LogP contribution is -2.04. The summed E-state index contributed by atoms with van der Waals surface area (Å²) in [5.74, 6) is 1.71. The first-order valence-corrected chi connectivity index (χ1v) is 5.13. The molecule has 1 aromatic rings. The normalized spacial score (nSPS) is 15.8. The van der Waals surface area contributed by atoms with Crippen LogP contribution >= 0.6 is 0 Å². The summed E-state index contributed by atoms with van der Waals surface area (Å²) in [6, 6.07) is 0. The summed E-state index contributed by atoms with van der Waals surface area (Å²) in [4.78, 5) is 15.6. The van der Waals surface area contributed by atoms with Crippen LogP contribution in [-0.2, 0) is 17.6 Å². The molecule has 4 heteroatoms. The number of aryl methyl sites for hydroxylation is 1. The highest BCUT2D eigenvalue weighted by molar-refractivity contribution is 5.84. The van der Waals surface area contributed by atoms with Crippen molar-refractivity contribution in [3.8, 4) is 0 Å². The lowest BCUT2D eigenvalue weighted by Gasteiger charge is -1.90. The fourth-order valence-corrected chi connectivity index (χ4v) is 1.39. The number of hydrogen-bond acceptors (Lipinski definition) is 4. The van der Waals surface area contributed by atoms with Crippen LogP contribution in [-0.4, -0.2) is 15.9 Å². The molecule has 0 bridgehead atoms. The molecule has 1 saturated carbocycles. The van der Waals surface area contributed by atoms with Crippen molar-refractivity contribution in [3.05, 3.63) is 11.7 Å². The van der Waals surface area contributed by atoms with Gasteiger partial charge in [0, 0.05) is 12.3 Å². The van der Waals surface area contributed by atoms with Crippen molar-refractivity contribution in [2.24, 2.45) is 5.92 Å². The first-order chi connectivity index (χ1) is 6.79. The molecule has 1 aromatic heterocycles. The van der Waals surface area contributed by atoms with Gasteiger partial charge in [0.1, 0.15) is 5.78 Å². The van der Waals surface area contributed by atoms with Crippen molar-refractivity contribution < 1.29 is 9.32 Å². The molecule has 4 nitrogen and oxygen atoms in total. The summed E-state index contributed by atoms with van der Waals surface area (Å²) in [6.07, 6.45) is 4.21. The molecular weight excluding hydrogens is 180 g/mol. The van der Waals surface area contributed by atoms with E-state index in [1.807, 2.05) is 0 Å². The van der Waals surface area contributed by atoms with Gasteiger partial charge in [-0.15, -0.1) is 0 Å². The molecule has 0 amide bonds. The Morgan fingerprint density at radius 1 is 1.57 bits per heavy atom. The van der Waals surface area contributed by atoms with Gasteiger partial charge in [0.15, 0.2) is 5.82 Å². The number of Topliss-reactive ketones (excluding diaryl/α,β-unsaturated/α-hetero) is 1. The second-order valence-corrected chi connectivity index (χ2v) is 3.77. The highest BCUT2D eigenvalue weighted by Crippen LogP contribution is 2.30. The molecule has 1 heterocycles. The topological polar surface area (TPSA) is 56.0 Å². The molecule has 2 rings (SSSR count). The van der Waals surface area contributed by atoms with E-state index in [4.69, 9.17) is 4.52 Å². The van der Waals surface area contributed by atoms with Gasteiger partial charge in [-0.1, -0.05) is 12.1 Å². The number of ketones is 1. The number of hydrogen-bond donors (Lipinski definition) is 0. The van der Waals surface area contributed by atoms with E-state index in [9.17, 15) is 4.79 Å². The number of nitrogens with zero attached hydrogens (tertiary/aromatic N) is 2. The van der Waals surface area contributed by atoms with Crippen molar-refractivity contribution in [1.29, 1.82) is 0 Å². The molecule has 0 atom stereocenters. The molecule has 14 heavy (non-hydrogen) atoms. The third-order valence-corrected chi connectivity index (χ3v) is 2.34. The molecule has 0 radical (unpaired) electrons. The molecule has 0 saturated heterocycles. The maximum absolute atomic E-state index is 11.4. The average Bonchev–Trinajstić information content (AvgIpc) is 2.92. The first kappa shape index (κ1) is 9.37. The quantitative estimate of drug-likeness (QED) is 0.713. The van der Waals surface area contributed by atoms with Crippen molar-refractivity contribution in [1.82, 2.24) is 10.1 Å². The standard InChI is InChI=1S/C10H14N2O2/c1-2-3-9-11-10(14-12-9)6-8(13)7-4-5-7/h7H,2-6H2,1H3. The summed E-state index contributed by atoms with van der Waals surface area (Å²) in [6.45, 7) is 2.06. The van der Waals surface area contributed by atoms with Gasteiger partial charge in [-0.2, -0.15) is 4.98 Å². The Hall–Kier alpha value is -1.19. The average molecular weight is 194 g/mol. The van der Waals surface area contributed by atoms with Gasteiger partial charge < -0.3 is 4.52 Å². The van der Waals surface area contributed by atoms with Crippen LogP contribution in [0, 0.1) is 5.92 Å². The van der Waals surface area contributed by atoms with Crippen molar-refractivity contribution >= 4 is 5.78 Å². The highest BCUT2D eigenvalue weighted by atomic mass is 16.5. The summed E-state index contributed by atoms with van der Waals surface area (Å²) < 4.78 is 4.98. The van der Waals surface area contributed by atoms with Crippen LogP contribution in [0.5, 0.6) is 0 Å². The molecule has 0 N–H and O–H groups in total. The molecule has 1 aliphatic carbocycles. The van der Waals surface area contributed by atoms with Crippen molar-refractivity contribution in [2.75, 3.05) is 0 Å². The van der Waals surface area contributed by atoms with E-state index in [1.165, 1.54) is 0 Å². The van der Waals surface area contributed by atoms with Crippen LogP contribution in [0.2, 0.25) is 0 Å². The van der Waals surface area contributed by atoms with Gasteiger partial charge in [0.05, 0.1) is 6.42 Å². The second kappa shape index (κ2) is 3.90. The van der Waals surface area contributed by atoms with Crippen LogP contribution in [0.3, 0.4) is 0 Å². The highest BCUT2D eigenvalue weighted by Gasteiger charge is 2.30. The Bertz CT molecular complexity index is 329. The minimum atomic E-state index is 0.247. The Morgan fingerprint density at radius 2 is 2.36 bits per heavy atom. The van der Waals surface area contributed by atoms with E-state index < -0.39 is 0 Å². The molecular formula is C10H14N2O2. The SMILES string of the molecule is CCCc1noc(CC(=O)C2CC2)n1. The van der Waals surface area contributed by atoms with Crippen molar-refractivity contribution in [3.63, 3.8) is 0 Å². The summed E-state index contributed by atoms with van der Waals surface area (Å²) in [5.41, 5.74) is 0. The van der Waals surface area contributed by atoms with Gasteiger partial charge >= 0.3 is 0 Å². The maximum Gasteiger partial charge on any atom is 0.234 e. The maximum atomic E-state index is 11.4. The lowest BCUT2D eigenvalue weighted by molar-refractivity contribution is -0.119. The number of carbonyl (C=O) groups excluding carboxylic acids is 1. The second-order valence-electron chi connectivity index (χ2n) is 3.77. The zero-order chi connectivity index (χ0) is 9.97. The minimum Gasteiger partial charge on any atom is -0.339 e. The smallest absolute Gasteiger partial charge is 0.234 e. The Kier molecular flexibility index (Phi) is 2.61. The van der Waals surface area contributed by atoms with Crippen LogP contribution < -0.4 is 0 Å². The monoisotopic (exact) mass is 194 g/mol. The molecule has 76 valence electrons. The Labute approximate surface area is 82.7 Å². The van der Waals surface area contributed by atoms with E-state index in [1.54, 1.807) is 0 Å². The third-order valence-electron chi connectivity index (χ3n) is 2.34. The third kappa shape index (κ3) is 2.19. The van der Waals surface area contributed by atoms with Gasteiger partial charge in [-0.05, 0) is 19.3 Å². The molecule has 0 aromatic carbocycles. The Morgan fingerprint density at radius 3 is 3.00 bits per heavy atom. The predicted octanol–water partition coefficient (Wildman–Crippen LogP) is 1.54. The predicted molar refractivity (Wildman–Crippen MR) is 49.7 cm³/mol. The Balaban J connectivity index is 1.91. The fourth-order valence-electron chi connectivity index (χ4n) is 1.39. The van der Waals surface area contributed by atoms with E-state index in [0.29, 0.717) is 18.1 Å². The molecule has 1 fully saturated rings. The largest absolute Gasteiger partial charge is 0.339 e.